The minimum atomic E-state index is -0.969. The topological polar surface area (TPSA) is 124 Å². The lowest BCUT2D eigenvalue weighted by Crippen LogP contribution is -2.21. The van der Waals surface area contributed by atoms with Crippen molar-refractivity contribution < 1.29 is 14.7 Å². The zero-order valence-electron chi connectivity index (χ0n) is 18.7. The lowest BCUT2D eigenvalue weighted by atomic mass is 9.83. The maximum absolute atomic E-state index is 12.0. The molecular weight excluding hydrogens is 438 g/mol. The summed E-state index contributed by atoms with van der Waals surface area (Å²) >= 11 is 1.45. The maximum Gasteiger partial charge on any atom is 0.337 e. The van der Waals surface area contributed by atoms with Crippen molar-refractivity contribution in [3.63, 3.8) is 0 Å². The van der Waals surface area contributed by atoms with E-state index in [1.165, 1.54) is 43.4 Å². The number of hydrogen-bond donors (Lipinski definition) is 2. The van der Waals surface area contributed by atoms with E-state index < -0.39 is 5.97 Å². The molecule has 0 aromatic carbocycles. The summed E-state index contributed by atoms with van der Waals surface area (Å²) in [5.41, 5.74) is 8.55. The second-order valence-corrected chi connectivity index (χ2v) is 9.59. The SMILES string of the molecule is Cc1c(C(=O)O)cc(-c2csc(-c3cnccn3)n2)n1C(CCC(N)=O)CC1CCCCC1. The molecule has 33 heavy (non-hydrogen) atoms. The fraction of sp³-hybridized carbons (Fsp3) is 0.458. The number of primary amides is 1. The molecule has 0 aliphatic heterocycles. The van der Waals surface area contributed by atoms with Crippen molar-refractivity contribution in [2.24, 2.45) is 11.7 Å². The van der Waals surface area contributed by atoms with Crippen molar-refractivity contribution in [3.05, 3.63) is 41.3 Å². The van der Waals surface area contributed by atoms with Crippen LogP contribution in [-0.4, -0.2) is 36.5 Å². The van der Waals surface area contributed by atoms with Crippen molar-refractivity contribution in [1.82, 2.24) is 19.5 Å². The number of rotatable bonds is 9. The molecule has 1 aliphatic rings. The van der Waals surface area contributed by atoms with Gasteiger partial charge in [0.1, 0.15) is 10.7 Å². The average molecular weight is 468 g/mol. The van der Waals surface area contributed by atoms with Gasteiger partial charge in [0.2, 0.25) is 5.91 Å². The lowest BCUT2D eigenvalue weighted by molar-refractivity contribution is -0.118. The summed E-state index contributed by atoms with van der Waals surface area (Å²) in [7, 11) is 0. The molecule has 0 bridgehead atoms. The Balaban J connectivity index is 1.75. The van der Waals surface area contributed by atoms with E-state index in [1.54, 1.807) is 24.7 Å². The number of aromatic carboxylic acids is 1. The summed E-state index contributed by atoms with van der Waals surface area (Å²) < 4.78 is 2.08. The minimum absolute atomic E-state index is 0.0228. The molecule has 0 radical (unpaired) electrons. The number of carbonyl (C=O) groups is 2. The molecule has 3 N–H and O–H groups in total. The monoisotopic (exact) mass is 467 g/mol. The number of amides is 1. The van der Waals surface area contributed by atoms with Crippen molar-refractivity contribution in [1.29, 1.82) is 0 Å². The Kier molecular flexibility index (Phi) is 7.17. The number of nitrogens with zero attached hydrogens (tertiary/aromatic N) is 4. The van der Waals surface area contributed by atoms with E-state index in [0.29, 0.717) is 29.4 Å². The quantitative estimate of drug-likeness (QED) is 0.463. The molecule has 1 fully saturated rings. The number of hydrogen-bond acceptors (Lipinski definition) is 6. The van der Waals surface area contributed by atoms with E-state index in [9.17, 15) is 14.7 Å². The summed E-state index contributed by atoms with van der Waals surface area (Å²) in [6, 6.07) is 1.68. The third-order valence-electron chi connectivity index (χ3n) is 6.49. The van der Waals surface area contributed by atoms with Gasteiger partial charge in [0, 0.05) is 35.9 Å². The zero-order valence-corrected chi connectivity index (χ0v) is 19.6. The highest BCUT2D eigenvalue weighted by Gasteiger charge is 2.27. The smallest absolute Gasteiger partial charge is 0.337 e. The van der Waals surface area contributed by atoms with Crippen LogP contribution in [0.3, 0.4) is 0 Å². The molecule has 174 valence electrons. The Bertz CT molecular complexity index is 1120. The van der Waals surface area contributed by atoms with Gasteiger partial charge in [-0.05, 0) is 31.7 Å². The van der Waals surface area contributed by atoms with Crippen molar-refractivity contribution in [2.45, 2.75) is 64.3 Å². The molecule has 8 nitrogen and oxygen atoms in total. The predicted molar refractivity (Wildman–Crippen MR) is 127 cm³/mol. The lowest BCUT2D eigenvalue weighted by Gasteiger charge is -2.29. The van der Waals surface area contributed by atoms with Crippen LogP contribution in [0.25, 0.3) is 22.1 Å². The number of carboxylic acids is 1. The number of carbonyl (C=O) groups excluding carboxylic acids is 1. The Morgan fingerprint density at radius 1 is 1.24 bits per heavy atom. The Labute approximate surface area is 196 Å². The molecule has 1 unspecified atom stereocenters. The molecular formula is C24H29N5O3S. The molecule has 0 spiro atoms. The molecule has 1 saturated carbocycles. The van der Waals surface area contributed by atoms with Crippen LogP contribution < -0.4 is 5.73 Å². The highest BCUT2D eigenvalue weighted by atomic mass is 32.1. The normalized spacial score (nSPS) is 15.4. The first-order chi connectivity index (χ1) is 15.9. The summed E-state index contributed by atoms with van der Waals surface area (Å²) in [6.45, 7) is 1.83. The zero-order chi connectivity index (χ0) is 23.4. The molecule has 0 saturated heterocycles. The number of nitrogens with two attached hydrogens (primary N) is 1. The molecule has 1 aliphatic carbocycles. The van der Waals surface area contributed by atoms with Gasteiger partial charge in [0.05, 0.1) is 23.1 Å². The molecule has 9 heteroatoms. The Hall–Kier alpha value is -3.07. The van der Waals surface area contributed by atoms with Crippen LogP contribution in [0.1, 0.15) is 73.5 Å². The molecule has 1 atom stereocenters. The standard InChI is InChI=1S/C24H29N5O3S/c1-15-18(24(31)32)12-21(20-14-33-23(28-20)19-13-26-9-10-27-19)29(15)17(7-8-22(25)30)11-16-5-3-2-4-6-16/h9-10,12-14,16-17H,2-8,11H2,1H3,(H2,25,30)(H,31,32). The highest BCUT2D eigenvalue weighted by molar-refractivity contribution is 7.13. The second-order valence-electron chi connectivity index (χ2n) is 8.73. The first-order valence-electron chi connectivity index (χ1n) is 11.4. The first kappa shape index (κ1) is 23.1. The fourth-order valence-corrected chi connectivity index (χ4v) is 5.67. The molecule has 4 rings (SSSR count). The van der Waals surface area contributed by atoms with Crippen molar-refractivity contribution in [2.75, 3.05) is 0 Å². The summed E-state index contributed by atoms with van der Waals surface area (Å²) in [5, 5.41) is 12.5. The van der Waals surface area contributed by atoms with Gasteiger partial charge in [-0.1, -0.05) is 32.1 Å². The van der Waals surface area contributed by atoms with Gasteiger partial charge in [0.25, 0.3) is 0 Å². The summed E-state index contributed by atoms with van der Waals surface area (Å²) in [4.78, 5) is 36.8. The van der Waals surface area contributed by atoms with E-state index in [-0.39, 0.29) is 23.9 Å². The maximum atomic E-state index is 12.0. The first-order valence-corrected chi connectivity index (χ1v) is 12.3. The molecule has 1 amide bonds. The summed E-state index contributed by atoms with van der Waals surface area (Å²) in [6.07, 6.45) is 12.7. The van der Waals surface area contributed by atoms with Gasteiger partial charge in [-0.25, -0.2) is 9.78 Å². The Morgan fingerprint density at radius 2 is 2.03 bits per heavy atom. The van der Waals surface area contributed by atoms with Gasteiger partial charge >= 0.3 is 5.97 Å². The van der Waals surface area contributed by atoms with E-state index in [0.717, 1.165) is 17.1 Å². The molecule has 3 aromatic rings. The van der Waals surface area contributed by atoms with Crippen LogP contribution in [0.15, 0.2) is 30.0 Å². The van der Waals surface area contributed by atoms with Crippen LogP contribution in [0, 0.1) is 12.8 Å². The van der Waals surface area contributed by atoms with Crippen LogP contribution in [0.4, 0.5) is 0 Å². The van der Waals surface area contributed by atoms with Crippen LogP contribution in [-0.2, 0) is 4.79 Å². The van der Waals surface area contributed by atoms with E-state index in [2.05, 4.69) is 14.5 Å². The van der Waals surface area contributed by atoms with Crippen LogP contribution in [0.5, 0.6) is 0 Å². The highest BCUT2D eigenvalue weighted by Crippen LogP contribution is 2.38. The fourth-order valence-electron chi connectivity index (χ4n) is 4.89. The van der Waals surface area contributed by atoms with Gasteiger partial charge < -0.3 is 15.4 Å². The van der Waals surface area contributed by atoms with Crippen molar-refractivity contribution >= 4 is 23.2 Å². The number of carboxylic acid groups (broad SMARTS) is 1. The van der Waals surface area contributed by atoms with Crippen LogP contribution in [0.2, 0.25) is 0 Å². The molecule has 3 heterocycles. The van der Waals surface area contributed by atoms with Gasteiger partial charge in [-0.2, -0.15) is 0 Å². The summed E-state index contributed by atoms with van der Waals surface area (Å²) in [5.74, 6) is -0.750. The van der Waals surface area contributed by atoms with E-state index in [1.807, 2.05) is 12.3 Å². The Morgan fingerprint density at radius 3 is 2.70 bits per heavy atom. The van der Waals surface area contributed by atoms with Gasteiger partial charge in [-0.3, -0.25) is 14.8 Å². The largest absolute Gasteiger partial charge is 0.478 e. The average Bonchev–Trinajstić information content (AvgIpc) is 3.43. The third-order valence-corrected chi connectivity index (χ3v) is 7.36. The molecule has 3 aromatic heterocycles. The van der Waals surface area contributed by atoms with Crippen molar-refractivity contribution in [3.8, 4) is 22.1 Å². The predicted octanol–water partition coefficient (Wildman–Crippen LogP) is 4.85. The minimum Gasteiger partial charge on any atom is -0.478 e. The number of thiazole rings is 1. The van der Waals surface area contributed by atoms with Gasteiger partial charge in [-0.15, -0.1) is 11.3 Å². The van der Waals surface area contributed by atoms with Gasteiger partial charge in [0.15, 0.2) is 0 Å². The van der Waals surface area contributed by atoms with Crippen LogP contribution >= 0.6 is 11.3 Å². The second kappa shape index (κ2) is 10.2. The van der Waals surface area contributed by atoms with E-state index in [4.69, 9.17) is 10.7 Å². The number of aromatic nitrogens is 4. The third kappa shape index (κ3) is 5.30. The van der Waals surface area contributed by atoms with E-state index >= 15 is 0 Å².